The molecule has 0 saturated heterocycles. The summed E-state index contributed by atoms with van der Waals surface area (Å²) < 4.78 is 9.56. The van der Waals surface area contributed by atoms with Crippen molar-refractivity contribution in [2.24, 2.45) is 0 Å². The molecule has 0 aromatic heterocycles. The first-order valence-corrected chi connectivity index (χ1v) is 3.83. The Bertz CT molecular complexity index is 264. The normalized spacial score (nSPS) is 9.77. The third kappa shape index (κ3) is 3.46. The molecule has 0 atom stereocenters. The zero-order valence-electron chi connectivity index (χ0n) is 7.30. The number of benzene rings is 1. The van der Waals surface area contributed by atoms with Crippen LogP contribution in [0.5, 0.6) is 5.75 Å². The molecule has 0 heterocycles. The van der Waals surface area contributed by atoms with Gasteiger partial charge in [-0.25, -0.2) is 0 Å². The number of ether oxygens (including phenoxy) is 1. The Hall–Kier alpha value is -1.04. The molecule has 1 aromatic rings. The van der Waals surface area contributed by atoms with Crippen molar-refractivity contribution < 1.29 is 19.4 Å². The molecule has 4 nitrogen and oxygen atoms in total. The SMILES string of the molecule is COc1cccc(COB(O)O)c1. The smallest absolute Gasteiger partial charge is 0.497 e. The van der Waals surface area contributed by atoms with E-state index in [-0.39, 0.29) is 6.61 Å². The number of hydrogen-bond donors (Lipinski definition) is 2. The van der Waals surface area contributed by atoms with Gasteiger partial charge in [-0.05, 0) is 17.7 Å². The van der Waals surface area contributed by atoms with Gasteiger partial charge in [-0.2, -0.15) is 0 Å². The molecule has 70 valence electrons. The van der Waals surface area contributed by atoms with E-state index in [0.29, 0.717) is 5.75 Å². The summed E-state index contributed by atoms with van der Waals surface area (Å²) >= 11 is 0. The first kappa shape index (κ1) is 10.0. The lowest BCUT2D eigenvalue weighted by atomic mass is 10.2. The van der Waals surface area contributed by atoms with Gasteiger partial charge in [-0.1, -0.05) is 12.1 Å². The summed E-state index contributed by atoms with van der Waals surface area (Å²) in [6.07, 6.45) is 0. The zero-order valence-corrected chi connectivity index (χ0v) is 7.30. The van der Waals surface area contributed by atoms with Gasteiger partial charge in [0.25, 0.3) is 0 Å². The van der Waals surface area contributed by atoms with Crippen LogP contribution in [-0.2, 0) is 11.3 Å². The first-order chi connectivity index (χ1) is 6.22. The second-order valence-corrected chi connectivity index (χ2v) is 2.49. The van der Waals surface area contributed by atoms with Gasteiger partial charge in [0.2, 0.25) is 0 Å². The number of methoxy groups -OCH3 is 1. The third-order valence-electron chi connectivity index (χ3n) is 1.53. The van der Waals surface area contributed by atoms with Crippen molar-refractivity contribution in [3.05, 3.63) is 29.8 Å². The van der Waals surface area contributed by atoms with Crippen LogP contribution in [0.15, 0.2) is 24.3 Å². The highest BCUT2D eigenvalue weighted by Gasteiger charge is 2.07. The quantitative estimate of drug-likeness (QED) is 0.652. The van der Waals surface area contributed by atoms with Gasteiger partial charge in [0.05, 0.1) is 13.7 Å². The Morgan fingerprint density at radius 1 is 1.38 bits per heavy atom. The van der Waals surface area contributed by atoms with E-state index in [9.17, 15) is 0 Å². The average Bonchev–Trinajstić information content (AvgIpc) is 2.15. The topological polar surface area (TPSA) is 58.9 Å². The van der Waals surface area contributed by atoms with Crippen LogP contribution < -0.4 is 4.74 Å². The minimum absolute atomic E-state index is 0.148. The number of rotatable bonds is 4. The standard InChI is InChI=1S/C8H11BO4/c1-12-8-4-2-3-7(5-8)6-13-9(10)11/h2-5,10-11H,6H2,1H3. The first-order valence-electron chi connectivity index (χ1n) is 3.83. The van der Waals surface area contributed by atoms with Crippen molar-refractivity contribution in [2.45, 2.75) is 6.61 Å². The molecule has 1 aromatic carbocycles. The van der Waals surface area contributed by atoms with Gasteiger partial charge in [-0.15, -0.1) is 0 Å². The van der Waals surface area contributed by atoms with Crippen molar-refractivity contribution in [3.63, 3.8) is 0 Å². The maximum absolute atomic E-state index is 8.44. The predicted molar refractivity (Wildman–Crippen MR) is 48.0 cm³/mol. The van der Waals surface area contributed by atoms with Crippen molar-refractivity contribution in [2.75, 3.05) is 7.11 Å². The lowest BCUT2D eigenvalue weighted by Crippen LogP contribution is -2.16. The van der Waals surface area contributed by atoms with Gasteiger partial charge in [0.1, 0.15) is 5.75 Å². The molecule has 0 radical (unpaired) electrons. The van der Waals surface area contributed by atoms with Gasteiger partial charge in [0, 0.05) is 0 Å². The van der Waals surface area contributed by atoms with E-state index in [0.717, 1.165) is 5.56 Å². The molecule has 0 aliphatic heterocycles. The fourth-order valence-electron chi connectivity index (χ4n) is 0.933. The summed E-state index contributed by atoms with van der Waals surface area (Å²) in [5.41, 5.74) is 0.826. The molecule has 2 N–H and O–H groups in total. The summed E-state index contributed by atoms with van der Waals surface area (Å²) in [7, 11) is -0.160. The second-order valence-electron chi connectivity index (χ2n) is 2.49. The van der Waals surface area contributed by atoms with Crippen LogP contribution in [0.25, 0.3) is 0 Å². The van der Waals surface area contributed by atoms with E-state index in [1.54, 1.807) is 25.3 Å². The highest BCUT2D eigenvalue weighted by molar-refractivity contribution is 6.32. The number of hydrogen-bond acceptors (Lipinski definition) is 4. The molecule has 0 bridgehead atoms. The van der Waals surface area contributed by atoms with E-state index in [1.807, 2.05) is 6.07 Å². The molecule has 5 heteroatoms. The molecule has 13 heavy (non-hydrogen) atoms. The molecule has 0 spiro atoms. The van der Waals surface area contributed by atoms with E-state index < -0.39 is 7.32 Å². The van der Waals surface area contributed by atoms with E-state index in [2.05, 4.69) is 4.65 Å². The summed E-state index contributed by atoms with van der Waals surface area (Å²) in [4.78, 5) is 0. The zero-order chi connectivity index (χ0) is 9.68. The summed E-state index contributed by atoms with van der Waals surface area (Å²) in [6, 6.07) is 7.19. The lowest BCUT2D eigenvalue weighted by Gasteiger charge is -2.04. The Morgan fingerprint density at radius 3 is 2.77 bits per heavy atom. The van der Waals surface area contributed by atoms with Crippen molar-refractivity contribution >= 4 is 7.32 Å². The third-order valence-corrected chi connectivity index (χ3v) is 1.53. The van der Waals surface area contributed by atoms with Crippen LogP contribution in [-0.4, -0.2) is 24.5 Å². The average molecular weight is 182 g/mol. The van der Waals surface area contributed by atoms with Crippen LogP contribution in [0, 0.1) is 0 Å². The minimum atomic E-state index is -1.73. The Labute approximate surface area is 76.9 Å². The predicted octanol–water partition coefficient (Wildman–Crippen LogP) is 0.181. The molecular formula is C8H11BO4. The fourth-order valence-corrected chi connectivity index (χ4v) is 0.933. The summed E-state index contributed by atoms with van der Waals surface area (Å²) in [6.45, 7) is 0.148. The Balaban J connectivity index is 2.56. The van der Waals surface area contributed by atoms with Crippen LogP contribution in [0.3, 0.4) is 0 Å². The van der Waals surface area contributed by atoms with Gasteiger partial charge in [0.15, 0.2) is 0 Å². The van der Waals surface area contributed by atoms with Crippen LogP contribution in [0.4, 0.5) is 0 Å². The van der Waals surface area contributed by atoms with Gasteiger partial charge >= 0.3 is 7.32 Å². The van der Waals surface area contributed by atoms with Crippen molar-refractivity contribution in [1.82, 2.24) is 0 Å². The van der Waals surface area contributed by atoms with Crippen molar-refractivity contribution in [3.8, 4) is 5.75 Å². The minimum Gasteiger partial charge on any atom is -0.497 e. The molecule has 0 aliphatic carbocycles. The van der Waals surface area contributed by atoms with Gasteiger partial charge < -0.3 is 19.4 Å². The maximum Gasteiger partial charge on any atom is 0.634 e. The molecule has 0 fully saturated rings. The summed E-state index contributed by atoms with van der Waals surface area (Å²) in [5, 5.41) is 16.9. The van der Waals surface area contributed by atoms with Crippen molar-refractivity contribution in [1.29, 1.82) is 0 Å². The molecule has 0 saturated carbocycles. The molecule has 1 rings (SSSR count). The van der Waals surface area contributed by atoms with E-state index in [4.69, 9.17) is 14.8 Å². The Morgan fingerprint density at radius 2 is 2.15 bits per heavy atom. The summed E-state index contributed by atoms with van der Waals surface area (Å²) in [5.74, 6) is 0.716. The lowest BCUT2D eigenvalue weighted by molar-refractivity contribution is 0.176. The van der Waals surface area contributed by atoms with E-state index >= 15 is 0 Å². The second kappa shape index (κ2) is 4.86. The highest BCUT2D eigenvalue weighted by atomic mass is 16.6. The fraction of sp³-hybridized carbons (Fsp3) is 0.250. The molecule has 0 unspecified atom stereocenters. The molecular weight excluding hydrogens is 171 g/mol. The van der Waals surface area contributed by atoms with Crippen LogP contribution >= 0.6 is 0 Å². The largest absolute Gasteiger partial charge is 0.634 e. The monoisotopic (exact) mass is 182 g/mol. The molecule has 0 amide bonds. The van der Waals surface area contributed by atoms with Crippen LogP contribution in [0.2, 0.25) is 0 Å². The molecule has 0 aliphatic rings. The van der Waals surface area contributed by atoms with Gasteiger partial charge in [-0.3, -0.25) is 0 Å². The Kier molecular flexibility index (Phi) is 3.76. The van der Waals surface area contributed by atoms with E-state index in [1.165, 1.54) is 0 Å². The highest BCUT2D eigenvalue weighted by Crippen LogP contribution is 2.12. The maximum atomic E-state index is 8.44. The van der Waals surface area contributed by atoms with Crippen LogP contribution in [0.1, 0.15) is 5.56 Å².